The van der Waals surface area contributed by atoms with Crippen LogP contribution in [0.25, 0.3) is 10.2 Å². The van der Waals surface area contributed by atoms with Crippen LogP contribution in [0.5, 0.6) is 11.5 Å². The van der Waals surface area contributed by atoms with Gasteiger partial charge in [0.05, 0.1) is 18.6 Å². The van der Waals surface area contributed by atoms with Crippen LogP contribution in [0.1, 0.15) is 6.92 Å². The van der Waals surface area contributed by atoms with Gasteiger partial charge in [-0.3, -0.25) is 9.36 Å². The SMILES string of the molecule is C=CCn1c(SCCOc2ccc(OCC)cc2)nc2sccc2c1=O. The lowest BCUT2D eigenvalue weighted by atomic mass is 10.3. The van der Waals surface area contributed by atoms with Crippen LogP contribution < -0.4 is 15.0 Å². The van der Waals surface area contributed by atoms with E-state index in [1.165, 1.54) is 23.1 Å². The van der Waals surface area contributed by atoms with Crippen LogP contribution in [0, 0.1) is 0 Å². The predicted octanol–water partition coefficient (Wildman–Crippen LogP) is 4.21. The van der Waals surface area contributed by atoms with Crippen molar-refractivity contribution < 1.29 is 9.47 Å². The number of benzene rings is 1. The van der Waals surface area contributed by atoms with Crippen molar-refractivity contribution in [1.29, 1.82) is 0 Å². The first-order chi connectivity index (χ1) is 12.7. The second-order valence-electron chi connectivity index (χ2n) is 5.34. The van der Waals surface area contributed by atoms with Crippen molar-refractivity contribution in [2.45, 2.75) is 18.6 Å². The molecule has 5 nitrogen and oxygen atoms in total. The fraction of sp³-hybridized carbons (Fsp3) is 0.263. The van der Waals surface area contributed by atoms with Crippen molar-refractivity contribution in [3.63, 3.8) is 0 Å². The van der Waals surface area contributed by atoms with E-state index in [-0.39, 0.29) is 5.56 Å². The highest BCUT2D eigenvalue weighted by Gasteiger charge is 2.11. The number of thiophene rings is 1. The van der Waals surface area contributed by atoms with Gasteiger partial charge in [-0.25, -0.2) is 4.98 Å². The Balaban J connectivity index is 1.63. The number of rotatable bonds is 9. The van der Waals surface area contributed by atoms with Gasteiger partial charge >= 0.3 is 0 Å². The molecule has 136 valence electrons. The maximum atomic E-state index is 12.6. The highest BCUT2D eigenvalue weighted by Crippen LogP contribution is 2.22. The highest BCUT2D eigenvalue weighted by atomic mass is 32.2. The molecule has 0 saturated carbocycles. The molecule has 0 aliphatic heterocycles. The lowest BCUT2D eigenvalue weighted by Gasteiger charge is -2.11. The first kappa shape index (κ1) is 18.5. The summed E-state index contributed by atoms with van der Waals surface area (Å²) in [6.07, 6.45) is 1.71. The summed E-state index contributed by atoms with van der Waals surface area (Å²) in [5.41, 5.74) is -0.0221. The van der Waals surface area contributed by atoms with Crippen molar-refractivity contribution in [1.82, 2.24) is 9.55 Å². The minimum absolute atomic E-state index is 0.0221. The molecule has 2 aromatic heterocycles. The molecule has 0 saturated heterocycles. The Hall–Kier alpha value is -2.25. The standard InChI is InChI=1S/C19H20N2O3S2/c1-3-10-21-18(22)16-9-12-25-17(16)20-19(21)26-13-11-24-15-7-5-14(6-8-15)23-4-2/h3,5-9,12H,1,4,10-11,13H2,2H3. The van der Waals surface area contributed by atoms with E-state index in [1.54, 1.807) is 10.6 Å². The maximum absolute atomic E-state index is 12.6. The number of hydrogen-bond acceptors (Lipinski definition) is 6. The molecule has 0 spiro atoms. The monoisotopic (exact) mass is 388 g/mol. The van der Waals surface area contributed by atoms with Crippen molar-refractivity contribution in [3.8, 4) is 11.5 Å². The first-order valence-corrected chi connectivity index (χ1v) is 10.2. The molecule has 0 radical (unpaired) electrons. The predicted molar refractivity (Wildman–Crippen MR) is 108 cm³/mol. The number of ether oxygens (including phenoxy) is 2. The second-order valence-corrected chi connectivity index (χ2v) is 7.30. The molecule has 0 amide bonds. The molecule has 0 bridgehead atoms. The number of allylic oxidation sites excluding steroid dienone is 1. The van der Waals surface area contributed by atoms with E-state index in [2.05, 4.69) is 11.6 Å². The average molecular weight is 389 g/mol. The van der Waals surface area contributed by atoms with Gasteiger partial charge in [0.15, 0.2) is 5.16 Å². The lowest BCUT2D eigenvalue weighted by molar-refractivity contribution is 0.332. The maximum Gasteiger partial charge on any atom is 0.263 e. The van der Waals surface area contributed by atoms with Crippen LogP contribution >= 0.6 is 23.1 Å². The zero-order valence-corrected chi connectivity index (χ0v) is 16.1. The van der Waals surface area contributed by atoms with E-state index in [4.69, 9.17) is 9.47 Å². The van der Waals surface area contributed by atoms with E-state index >= 15 is 0 Å². The molecule has 7 heteroatoms. The van der Waals surface area contributed by atoms with E-state index < -0.39 is 0 Å². The molecule has 0 aliphatic rings. The minimum Gasteiger partial charge on any atom is -0.494 e. The molecule has 3 aromatic rings. The molecule has 0 N–H and O–H groups in total. The molecule has 3 rings (SSSR count). The molecular formula is C19H20N2O3S2. The summed E-state index contributed by atoms with van der Waals surface area (Å²) in [6, 6.07) is 9.37. The van der Waals surface area contributed by atoms with Gasteiger partial charge in [0.1, 0.15) is 16.3 Å². The normalized spacial score (nSPS) is 10.8. The third-order valence-corrected chi connectivity index (χ3v) is 5.33. The van der Waals surface area contributed by atoms with E-state index in [0.717, 1.165) is 16.3 Å². The Morgan fingerprint density at radius 3 is 2.65 bits per heavy atom. The van der Waals surface area contributed by atoms with Gasteiger partial charge in [-0.1, -0.05) is 17.8 Å². The largest absolute Gasteiger partial charge is 0.494 e. The zero-order valence-electron chi connectivity index (χ0n) is 14.5. The third-order valence-electron chi connectivity index (χ3n) is 3.58. The fourth-order valence-corrected chi connectivity index (χ4v) is 4.05. The molecule has 0 atom stereocenters. The van der Waals surface area contributed by atoms with E-state index in [9.17, 15) is 4.79 Å². The summed E-state index contributed by atoms with van der Waals surface area (Å²) in [5.74, 6) is 2.31. The van der Waals surface area contributed by atoms with Crippen LogP contribution in [-0.4, -0.2) is 28.5 Å². The Morgan fingerprint density at radius 2 is 1.96 bits per heavy atom. The summed E-state index contributed by atoms with van der Waals surface area (Å²) >= 11 is 2.99. The van der Waals surface area contributed by atoms with Crippen LogP contribution in [-0.2, 0) is 6.54 Å². The Morgan fingerprint density at radius 1 is 1.23 bits per heavy atom. The van der Waals surface area contributed by atoms with Crippen molar-refractivity contribution in [2.24, 2.45) is 0 Å². The van der Waals surface area contributed by atoms with Crippen molar-refractivity contribution in [2.75, 3.05) is 19.0 Å². The van der Waals surface area contributed by atoms with Gasteiger partial charge in [-0.15, -0.1) is 17.9 Å². The van der Waals surface area contributed by atoms with Crippen molar-refractivity contribution >= 4 is 33.3 Å². The fourth-order valence-electron chi connectivity index (χ4n) is 2.42. The smallest absolute Gasteiger partial charge is 0.263 e. The molecule has 26 heavy (non-hydrogen) atoms. The van der Waals surface area contributed by atoms with Gasteiger partial charge in [0, 0.05) is 12.3 Å². The summed E-state index contributed by atoms with van der Waals surface area (Å²) in [4.78, 5) is 17.9. The molecule has 0 fully saturated rings. The molecule has 2 heterocycles. The number of nitrogens with zero attached hydrogens (tertiary/aromatic N) is 2. The average Bonchev–Trinajstić information content (AvgIpc) is 3.12. The van der Waals surface area contributed by atoms with Crippen molar-refractivity contribution in [3.05, 3.63) is 58.7 Å². The first-order valence-electron chi connectivity index (χ1n) is 8.30. The third kappa shape index (κ3) is 4.28. The Labute approximate surface area is 160 Å². The minimum atomic E-state index is -0.0221. The van der Waals surface area contributed by atoms with Gasteiger partial charge in [0.25, 0.3) is 5.56 Å². The van der Waals surface area contributed by atoms with Gasteiger partial charge in [-0.05, 0) is 42.6 Å². The van der Waals surface area contributed by atoms with Crippen LogP contribution in [0.15, 0.2) is 58.3 Å². The zero-order chi connectivity index (χ0) is 18.4. The second kappa shape index (κ2) is 8.91. The molecule has 0 aliphatic carbocycles. The summed E-state index contributed by atoms with van der Waals surface area (Å²) < 4.78 is 12.8. The number of hydrogen-bond donors (Lipinski definition) is 0. The number of aromatic nitrogens is 2. The number of fused-ring (bicyclic) bond motifs is 1. The molecule has 1 aromatic carbocycles. The van der Waals surface area contributed by atoms with Crippen LogP contribution in [0.3, 0.4) is 0 Å². The van der Waals surface area contributed by atoms with E-state index in [0.29, 0.717) is 36.1 Å². The quantitative estimate of drug-likeness (QED) is 0.238. The van der Waals surface area contributed by atoms with Crippen LogP contribution in [0.2, 0.25) is 0 Å². The summed E-state index contributed by atoms with van der Waals surface area (Å²) in [7, 11) is 0. The lowest BCUT2D eigenvalue weighted by Crippen LogP contribution is -2.22. The summed E-state index contributed by atoms with van der Waals surface area (Å²) in [6.45, 7) is 7.29. The molecule has 0 unspecified atom stereocenters. The number of thioether (sulfide) groups is 1. The Bertz CT molecular complexity index is 932. The Kier molecular flexibility index (Phi) is 6.35. The molecular weight excluding hydrogens is 368 g/mol. The van der Waals surface area contributed by atoms with Crippen LogP contribution in [0.4, 0.5) is 0 Å². The van der Waals surface area contributed by atoms with Gasteiger partial charge in [0.2, 0.25) is 0 Å². The van der Waals surface area contributed by atoms with Gasteiger partial charge in [-0.2, -0.15) is 0 Å². The van der Waals surface area contributed by atoms with Gasteiger partial charge < -0.3 is 9.47 Å². The highest BCUT2D eigenvalue weighted by molar-refractivity contribution is 7.99. The topological polar surface area (TPSA) is 53.4 Å². The van der Waals surface area contributed by atoms with E-state index in [1.807, 2.05) is 42.6 Å². The summed E-state index contributed by atoms with van der Waals surface area (Å²) in [5, 5.41) is 3.24.